The van der Waals surface area contributed by atoms with Gasteiger partial charge >= 0.3 is 0 Å². The Morgan fingerprint density at radius 2 is 2.19 bits per heavy atom. The lowest BCUT2D eigenvalue weighted by molar-refractivity contribution is -0.124. The summed E-state index contributed by atoms with van der Waals surface area (Å²) in [6, 6.07) is 7.06. The minimum absolute atomic E-state index is 0.173. The third-order valence-corrected chi connectivity index (χ3v) is 4.16. The average molecular weight is 357 g/mol. The van der Waals surface area contributed by atoms with Gasteiger partial charge in [-0.2, -0.15) is 0 Å². The fourth-order valence-electron chi connectivity index (χ4n) is 2.87. The quantitative estimate of drug-likeness (QED) is 0.415. The van der Waals surface area contributed by atoms with Gasteiger partial charge in [0.25, 0.3) is 5.91 Å². The molecule has 1 aliphatic rings. The molecule has 1 saturated heterocycles. The van der Waals surface area contributed by atoms with E-state index in [2.05, 4.69) is 20.2 Å². The van der Waals surface area contributed by atoms with Crippen molar-refractivity contribution in [3.8, 4) is 0 Å². The molecule has 1 aromatic heterocycles. The molecule has 1 atom stereocenters. The van der Waals surface area contributed by atoms with E-state index in [1.165, 1.54) is 23.8 Å². The number of hydroxylamine groups is 1. The number of halogens is 1. The van der Waals surface area contributed by atoms with E-state index in [1.807, 2.05) is 12.1 Å². The number of hydrogen-bond donors (Lipinski definition) is 3. The number of likely N-dealkylation sites (tertiary alicyclic amines) is 1. The first kappa shape index (κ1) is 18.0. The Balaban J connectivity index is 1.51. The number of anilines is 1. The fraction of sp³-hybridized carbons (Fsp3) is 0.278. The highest BCUT2D eigenvalue weighted by molar-refractivity contribution is 5.90. The molecule has 0 saturated carbocycles. The summed E-state index contributed by atoms with van der Waals surface area (Å²) < 4.78 is 13.8. The zero-order chi connectivity index (χ0) is 18.4. The van der Waals surface area contributed by atoms with Crippen molar-refractivity contribution in [3.05, 3.63) is 59.8 Å². The molecule has 3 rings (SSSR count). The van der Waals surface area contributed by atoms with Crippen molar-refractivity contribution in [3.63, 3.8) is 0 Å². The smallest absolute Gasteiger partial charge is 0.267 e. The Hall–Kier alpha value is -2.84. The summed E-state index contributed by atoms with van der Waals surface area (Å²) in [5.74, 6) is -0.158. The maximum Gasteiger partial charge on any atom is 0.267 e. The van der Waals surface area contributed by atoms with E-state index in [0.29, 0.717) is 23.6 Å². The van der Waals surface area contributed by atoms with Gasteiger partial charge in [-0.1, -0.05) is 18.2 Å². The molecule has 0 radical (unpaired) electrons. The van der Waals surface area contributed by atoms with Gasteiger partial charge in [-0.15, -0.1) is 0 Å². The van der Waals surface area contributed by atoms with Crippen LogP contribution in [-0.2, 0) is 11.3 Å². The predicted octanol–water partition coefficient (Wildman–Crippen LogP) is 1.82. The van der Waals surface area contributed by atoms with E-state index >= 15 is 0 Å². The molecular weight excluding hydrogens is 337 g/mol. The van der Waals surface area contributed by atoms with Crippen molar-refractivity contribution in [1.29, 1.82) is 0 Å². The Morgan fingerprint density at radius 3 is 2.92 bits per heavy atom. The maximum atomic E-state index is 13.8. The first-order valence-electron chi connectivity index (χ1n) is 8.30. The molecular formula is C18H20FN5O2. The number of rotatable bonds is 6. The van der Waals surface area contributed by atoms with Crippen LogP contribution < -0.4 is 10.8 Å². The van der Waals surface area contributed by atoms with Gasteiger partial charge in [0.2, 0.25) is 0 Å². The van der Waals surface area contributed by atoms with Gasteiger partial charge in [0.05, 0.1) is 18.1 Å². The van der Waals surface area contributed by atoms with Crippen molar-refractivity contribution in [2.75, 3.05) is 18.4 Å². The number of carbonyl (C=O) groups excluding carboxylic acids is 1. The Morgan fingerprint density at radius 1 is 1.35 bits per heavy atom. The van der Waals surface area contributed by atoms with Crippen LogP contribution >= 0.6 is 0 Å². The molecule has 0 aliphatic carbocycles. The molecule has 1 aliphatic heterocycles. The molecule has 2 heterocycles. The van der Waals surface area contributed by atoms with Gasteiger partial charge < -0.3 is 5.32 Å². The number of aromatic nitrogens is 2. The van der Waals surface area contributed by atoms with Crippen LogP contribution in [-0.4, -0.2) is 45.1 Å². The average Bonchev–Trinajstić information content (AvgIpc) is 3.09. The molecule has 8 heteroatoms. The molecule has 3 N–H and O–H groups in total. The number of hydrogen-bond acceptors (Lipinski definition) is 6. The number of carbonyl (C=O) groups is 1. The Bertz CT molecular complexity index is 781. The number of nitrogens with one attached hydrogen (secondary N) is 2. The highest BCUT2D eigenvalue weighted by atomic mass is 19.1. The summed E-state index contributed by atoms with van der Waals surface area (Å²) in [4.78, 5) is 21.6. The Kier molecular flexibility index (Phi) is 5.88. The molecule has 0 bridgehead atoms. The predicted molar refractivity (Wildman–Crippen MR) is 94.7 cm³/mol. The highest BCUT2D eigenvalue weighted by Gasteiger charge is 2.23. The van der Waals surface area contributed by atoms with E-state index < -0.39 is 5.91 Å². The standard InChI is InChI=1S/C18H20FN5O2/c19-16-4-2-1-3-13(16)11-24-8-7-15(12-24)22-17-10-20-14(9-21-17)5-6-18(25)23-26/h1-6,9-10,15,26H,7-8,11-12H2,(H,21,22)(H,23,25)/t15-/m1/s1. The number of nitrogens with zero attached hydrogens (tertiary/aromatic N) is 3. The van der Waals surface area contributed by atoms with Gasteiger partial charge in [0.15, 0.2) is 0 Å². The zero-order valence-electron chi connectivity index (χ0n) is 14.1. The van der Waals surface area contributed by atoms with Crippen molar-refractivity contribution in [2.45, 2.75) is 19.0 Å². The molecule has 0 unspecified atom stereocenters. The molecule has 2 aromatic rings. The third kappa shape index (κ3) is 4.84. The second-order valence-electron chi connectivity index (χ2n) is 6.09. The van der Waals surface area contributed by atoms with Gasteiger partial charge in [0, 0.05) is 37.3 Å². The molecule has 0 spiro atoms. The van der Waals surface area contributed by atoms with E-state index in [9.17, 15) is 9.18 Å². The van der Waals surface area contributed by atoms with Crippen molar-refractivity contribution in [1.82, 2.24) is 20.3 Å². The first-order valence-corrected chi connectivity index (χ1v) is 8.30. The van der Waals surface area contributed by atoms with Crippen LogP contribution in [0.3, 0.4) is 0 Å². The van der Waals surface area contributed by atoms with Crippen molar-refractivity contribution >= 4 is 17.8 Å². The van der Waals surface area contributed by atoms with Crippen LogP contribution in [0.4, 0.5) is 10.2 Å². The van der Waals surface area contributed by atoms with Crippen molar-refractivity contribution in [2.24, 2.45) is 0 Å². The lowest BCUT2D eigenvalue weighted by atomic mass is 10.2. The third-order valence-electron chi connectivity index (χ3n) is 4.16. The van der Waals surface area contributed by atoms with E-state index in [-0.39, 0.29) is 11.9 Å². The molecule has 7 nitrogen and oxygen atoms in total. The minimum Gasteiger partial charge on any atom is -0.365 e. The van der Waals surface area contributed by atoms with E-state index in [1.54, 1.807) is 12.3 Å². The van der Waals surface area contributed by atoms with E-state index in [4.69, 9.17) is 5.21 Å². The summed E-state index contributed by atoms with van der Waals surface area (Å²) >= 11 is 0. The molecule has 1 aromatic carbocycles. The molecule has 1 fully saturated rings. The van der Waals surface area contributed by atoms with Crippen LogP contribution in [0.15, 0.2) is 42.7 Å². The monoisotopic (exact) mass is 357 g/mol. The highest BCUT2D eigenvalue weighted by Crippen LogP contribution is 2.18. The van der Waals surface area contributed by atoms with Gasteiger partial charge in [0.1, 0.15) is 11.6 Å². The molecule has 136 valence electrons. The van der Waals surface area contributed by atoms with Crippen LogP contribution in [0, 0.1) is 5.82 Å². The van der Waals surface area contributed by atoms with Crippen LogP contribution in [0.2, 0.25) is 0 Å². The normalized spacial score (nSPS) is 17.5. The summed E-state index contributed by atoms with van der Waals surface area (Å²) in [6.45, 7) is 2.28. The van der Waals surface area contributed by atoms with Gasteiger partial charge in [-0.25, -0.2) is 14.9 Å². The lowest BCUT2D eigenvalue weighted by Crippen LogP contribution is -2.26. The second kappa shape index (κ2) is 8.50. The van der Waals surface area contributed by atoms with Gasteiger partial charge in [-0.05, 0) is 18.6 Å². The van der Waals surface area contributed by atoms with Gasteiger partial charge in [-0.3, -0.25) is 19.9 Å². The fourth-order valence-corrected chi connectivity index (χ4v) is 2.87. The summed E-state index contributed by atoms with van der Waals surface area (Å²) in [5, 5.41) is 11.7. The summed E-state index contributed by atoms with van der Waals surface area (Å²) in [7, 11) is 0. The summed E-state index contributed by atoms with van der Waals surface area (Å²) in [6.07, 6.45) is 6.68. The Labute approximate surface area is 150 Å². The number of benzene rings is 1. The first-order chi connectivity index (χ1) is 12.6. The lowest BCUT2D eigenvalue weighted by Gasteiger charge is -2.17. The molecule has 1 amide bonds. The topological polar surface area (TPSA) is 90.4 Å². The minimum atomic E-state index is -0.630. The van der Waals surface area contributed by atoms with Crippen LogP contribution in [0.25, 0.3) is 6.08 Å². The maximum absolute atomic E-state index is 13.8. The van der Waals surface area contributed by atoms with E-state index in [0.717, 1.165) is 25.6 Å². The van der Waals surface area contributed by atoms with Crippen LogP contribution in [0.5, 0.6) is 0 Å². The van der Waals surface area contributed by atoms with Crippen molar-refractivity contribution < 1.29 is 14.4 Å². The zero-order valence-corrected chi connectivity index (χ0v) is 14.1. The molecule has 26 heavy (non-hydrogen) atoms. The second-order valence-corrected chi connectivity index (χ2v) is 6.09. The van der Waals surface area contributed by atoms with Crippen LogP contribution in [0.1, 0.15) is 17.7 Å². The SMILES string of the molecule is O=C(C=Cc1cnc(N[C@@H]2CCN(Cc3ccccc3F)C2)cn1)NO. The largest absolute Gasteiger partial charge is 0.365 e. The number of amides is 1. The summed E-state index contributed by atoms with van der Waals surface area (Å²) in [5.41, 5.74) is 2.72.